The zero-order chi connectivity index (χ0) is 19.6. The van der Waals surface area contributed by atoms with Crippen molar-refractivity contribution in [3.63, 3.8) is 0 Å². The van der Waals surface area contributed by atoms with Crippen LogP contribution in [-0.4, -0.2) is 24.7 Å². The molecule has 140 valence electrons. The lowest BCUT2D eigenvalue weighted by atomic mass is 10.1. The summed E-state index contributed by atoms with van der Waals surface area (Å²) in [6.45, 7) is 8.55. The fourth-order valence-corrected chi connectivity index (χ4v) is 4.31. The highest BCUT2D eigenvalue weighted by molar-refractivity contribution is 7.16. The first kappa shape index (κ1) is 18.9. The maximum Gasteiger partial charge on any atom is 0.283 e. The number of hydrogen-bond donors (Lipinski definition) is 0. The van der Waals surface area contributed by atoms with Crippen LogP contribution >= 0.6 is 11.3 Å². The van der Waals surface area contributed by atoms with Gasteiger partial charge < -0.3 is 14.0 Å². The molecule has 3 aromatic rings. The van der Waals surface area contributed by atoms with Crippen molar-refractivity contribution in [3.8, 4) is 11.5 Å². The molecule has 0 aliphatic rings. The molecule has 0 N–H and O–H groups in total. The fraction of sp³-hybridized carbons (Fsp3) is 0.238. The lowest BCUT2D eigenvalue weighted by Crippen LogP contribution is -2.17. The van der Waals surface area contributed by atoms with Crippen molar-refractivity contribution in [3.05, 3.63) is 64.5 Å². The molecular formula is C21H22N2O3S. The van der Waals surface area contributed by atoms with Crippen molar-refractivity contribution in [1.82, 2.24) is 4.57 Å². The lowest BCUT2D eigenvalue weighted by molar-refractivity contribution is 0.0995. The highest BCUT2D eigenvalue weighted by Gasteiger charge is 2.15. The first-order valence-electron chi connectivity index (χ1n) is 8.51. The Morgan fingerprint density at radius 1 is 1.22 bits per heavy atom. The minimum absolute atomic E-state index is 0.353. The van der Waals surface area contributed by atoms with Crippen LogP contribution in [0.25, 0.3) is 10.2 Å². The Hall–Kier alpha value is -2.86. The molecule has 0 spiro atoms. The highest BCUT2D eigenvalue weighted by Crippen LogP contribution is 2.26. The number of aryl methyl sites for hydroxylation is 2. The van der Waals surface area contributed by atoms with Gasteiger partial charge in [-0.1, -0.05) is 23.5 Å². The monoisotopic (exact) mass is 382 g/mol. The molecule has 1 amide bonds. The van der Waals surface area contributed by atoms with Gasteiger partial charge in [-0.05, 0) is 43.2 Å². The van der Waals surface area contributed by atoms with Crippen LogP contribution < -0.4 is 14.3 Å². The topological polar surface area (TPSA) is 52.8 Å². The van der Waals surface area contributed by atoms with Crippen LogP contribution in [0.15, 0.2) is 48.0 Å². The number of carbonyl (C=O) groups excluding carboxylic acids is 1. The molecule has 0 radical (unpaired) electrons. The van der Waals surface area contributed by atoms with E-state index in [9.17, 15) is 4.79 Å². The number of nitrogens with zero attached hydrogens (tertiary/aromatic N) is 2. The number of benzene rings is 2. The third kappa shape index (κ3) is 3.66. The van der Waals surface area contributed by atoms with E-state index in [0.717, 1.165) is 15.8 Å². The molecule has 2 aromatic carbocycles. The van der Waals surface area contributed by atoms with E-state index in [1.165, 1.54) is 24.0 Å². The molecule has 0 unspecified atom stereocenters. The molecule has 27 heavy (non-hydrogen) atoms. The third-order valence-corrected chi connectivity index (χ3v) is 5.29. The van der Waals surface area contributed by atoms with Crippen LogP contribution in [0.5, 0.6) is 11.5 Å². The van der Waals surface area contributed by atoms with Gasteiger partial charge in [-0.2, -0.15) is 4.99 Å². The van der Waals surface area contributed by atoms with Gasteiger partial charge in [0.2, 0.25) is 0 Å². The van der Waals surface area contributed by atoms with Gasteiger partial charge in [-0.3, -0.25) is 4.79 Å². The van der Waals surface area contributed by atoms with Gasteiger partial charge in [0.15, 0.2) is 4.80 Å². The van der Waals surface area contributed by atoms with Crippen molar-refractivity contribution in [1.29, 1.82) is 0 Å². The number of amides is 1. The SMILES string of the molecule is C=CCn1c(=NC(=O)c2ccc(OC)cc2OC)sc2cc(C)cc(C)c21. The fourth-order valence-electron chi connectivity index (χ4n) is 3.10. The van der Waals surface area contributed by atoms with E-state index in [0.29, 0.717) is 28.4 Å². The molecule has 1 aromatic heterocycles. The van der Waals surface area contributed by atoms with Gasteiger partial charge in [-0.15, -0.1) is 6.58 Å². The summed E-state index contributed by atoms with van der Waals surface area (Å²) in [5.74, 6) is 0.706. The number of methoxy groups -OCH3 is 2. The summed E-state index contributed by atoms with van der Waals surface area (Å²) in [5, 5.41) is 0. The van der Waals surface area contributed by atoms with Gasteiger partial charge in [0, 0.05) is 12.6 Å². The van der Waals surface area contributed by atoms with Crippen LogP contribution in [0.1, 0.15) is 21.5 Å². The Kier molecular flexibility index (Phi) is 5.46. The number of rotatable bonds is 5. The summed E-state index contributed by atoms with van der Waals surface area (Å²) < 4.78 is 13.7. The molecule has 0 aliphatic heterocycles. The standard InChI is InChI=1S/C21H22N2O3S/c1-6-9-23-19-14(3)10-13(2)11-18(19)27-21(23)22-20(24)16-8-7-15(25-4)12-17(16)26-5/h6-8,10-12H,1,9H2,2-5H3. The summed E-state index contributed by atoms with van der Waals surface area (Å²) in [6, 6.07) is 9.32. The third-order valence-electron chi connectivity index (χ3n) is 4.26. The van der Waals surface area contributed by atoms with Crippen molar-refractivity contribution in [2.75, 3.05) is 14.2 Å². The predicted molar refractivity (Wildman–Crippen MR) is 109 cm³/mol. The quantitative estimate of drug-likeness (QED) is 0.620. The van der Waals surface area contributed by atoms with Gasteiger partial charge in [0.25, 0.3) is 5.91 Å². The zero-order valence-electron chi connectivity index (χ0n) is 15.9. The number of carbonyl (C=O) groups is 1. The highest BCUT2D eigenvalue weighted by atomic mass is 32.1. The maximum atomic E-state index is 12.9. The molecule has 5 nitrogen and oxygen atoms in total. The summed E-state index contributed by atoms with van der Waals surface area (Å²) in [6.07, 6.45) is 1.81. The summed E-state index contributed by atoms with van der Waals surface area (Å²) >= 11 is 1.50. The first-order chi connectivity index (χ1) is 13.0. The molecule has 1 heterocycles. The van der Waals surface area contributed by atoms with E-state index in [-0.39, 0.29) is 5.91 Å². The normalized spacial score (nSPS) is 11.6. The number of ether oxygens (including phenoxy) is 2. The van der Waals surface area contributed by atoms with Crippen molar-refractivity contribution >= 4 is 27.5 Å². The second-order valence-corrected chi connectivity index (χ2v) is 7.20. The molecule has 6 heteroatoms. The minimum atomic E-state index is -0.353. The van der Waals surface area contributed by atoms with E-state index in [4.69, 9.17) is 9.47 Å². The Morgan fingerprint density at radius 3 is 2.67 bits per heavy atom. The van der Waals surface area contributed by atoms with Gasteiger partial charge >= 0.3 is 0 Å². The van der Waals surface area contributed by atoms with E-state index >= 15 is 0 Å². The Balaban J connectivity index is 2.18. The summed E-state index contributed by atoms with van der Waals surface area (Å²) in [5.41, 5.74) is 3.81. The van der Waals surface area contributed by atoms with Crippen molar-refractivity contribution < 1.29 is 14.3 Å². The maximum absolute atomic E-state index is 12.9. The van der Waals surface area contributed by atoms with Gasteiger partial charge in [0.05, 0.1) is 30.0 Å². The number of hydrogen-bond acceptors (Lipinski definition) is 4. The molecule has 0 atom stereocenters. The van der Waals surface area contributed by atoms with Crippen LogP contribution in [-0.2, 0) is 6.54 Å². The smallest absolute Gasteiger partial charge is 0.283 e. The van der Waals surface area contributed by atoms with E-state index < -0.39 is 0 Å². The second kappa shape index (κ2) is 7.80. The average molecular weight is 382 g/mol. The summed E-state index contributed by atoms with van der Waals surface area (Å²) in [7, 11) is 3.09. The number of allylic oxidation sites excluding steroid dienone is 1. The molecular weight excluding hydrogens is 360 g/mol. The lowest BCUT2D eigenvalue weighted by Gasteiger charge is -2.08. The van der Waals surface area contributed by atoms with Crippen molar-refractivity contribution in [2.24, 2.45) is 4.99 Å². The first-order valence-corrected chi connectivity index (χ1v) is 9.32. The second-order valence-electron chi connectivity index (χ2n) is 6.20. The molecule has 0 saturated carbocycles. The Bertz CT molecular complexity index is 1090. The molecule has 0 aliphatic carbocycles. The number of fused-ring (bicyclic) bond motifs is 1. The van der Waals surface area contributed by atoms with Crippen LogP contribution in [0.3, 0.4) is 0 Å². The predicted octanol–water partition coefficient (Wildman–Crippen LogP) is 4.26. The summed E-state index contributed by atoms with van der Waals surface area (Å²) in [4.78, 5) is 17.9. The van der Waals surface area contributed by atoms with Crippen molar-refractivity contribution in [2.45, 2.75) is 20.4 Å². The molecule has 3 rings (SSSR count). The Morgan fingerprint density at radius 2 is 2.00 bits per heavy atom. The average Bonchev–Trinajstić information content (AvgIpc) is 2.98. The number of aromatic nitrogens is 1. The number of thiazole rings is 1. The van der Waals surface area contributed by atoms with Crippen LogP contribution in [0.2, 0.25) is 0 Å². The van der Waals surface area contributed by atoms with Crippen LogP contribution in [0.4, 0.5) is 0 Å². The van der Waals surface area contributed by atoms with E-state index in [1.807, 2.05) is 10.6 Å². The van der Waals surface area contributed by atoms with Gasteiger partial charge in [0.1, 0.15) is 11.5 Å². The van der Waals surface area contributed by atoms with Crippen LogP contribution in [0, 0.1) is 13.8 Å². The Labute approximate surface area is 162 Å². The van der Waals surface area contributed by atoms with E-state index in [1.54, 1.807) is 25.3 Å². The molecule has 0 bridgehead atoms. The zero-order valence-corrected chi connectivity index (χ0v) is 16.7. The molecule has 0 saturated heterocycles. The van der Waals surface area contributed by atoms with Gasteiger partial charge in [-0.25, -0.2) is 0 Å². The van der Waals surface area contributed by atoms with E-state index in [2.05, 4.69) is 37.6 Å². The largest absolute Gasteiger partial charge is 0.497 e. The minimum Gasteiger partial charge on any atom is -0.497 e. The molecule has 0 fully saturated rings.